The maximum Gasteiger partial charge on any atom is 0.272 e. The Bertz CT molecular complexity index is 1500. The van der Waals surface area contributed by atoms with Gasteiger partial charge in [-0.15, -0.1) is 0 Å². The van der Waals surface area contributed by atoms with E-state index in [0.717, 1.165) is 24.3 Å². The summed E-state index contributed by atoms with van der Waals surface area (Å²) < 4.78 is 76.2. The lowest BCUT2D eigenvalue weighted by Gasteiger charge is -2.21. The number of halogens is 7. The second-order valence-electron chi connectivity index (χ2n) is 7.57. The van der Waals surface area contributed by atoms with Gasteiger partial charge in [-0.2, -0.15) is 0 Å². The molecule has 0 heterocycles. The van der Waals surface area contributed by atoms with Gasteiger partial charge in [0.25, 0.3) is 5.69 Å². The highest BCUT2D eigenvalue weighted by atomic mass is 35.5. The van der Waals surface area contributed by atoms with E-state index in [-0.39, 0.29) is 5.02 Å². The van der Waals surface area contributed by atoms with Gasteiger partial charge in [-0.1, -0.05) is 41.4 Å². The summed E-state index contributed by atoms with van der Waals surface area (Å²) in [6.45, 7) is 1.57. The Morgan fingerprint density at radius 3 is 1.91 bits per heavy atom. The third kappa shape index (κ3) is 4.24. The molecule has 4 aromatic carbocycles. The van der Waals surface area contributed by atoms with Crippen LogP contribution in [0.1, 0.15) is 5.56 Å². The van der Waals surface area contributed by atoms with Gasteiger partial charge in [0.05, 0.1) is 16.0 Å². The first-order valence-electron chi connectivity index (χ1n) is 9.88. The molecule has 35 heavy (non-hydrogen) atoms. The average Bonchev–Trinajstić information content (AvgIpc) is 2.79. The van der Waals surface area contributed by atoms with Crippen molar-refractivity contribution in [2.75, 3.05) is 0 Å². The van der Waals surface area contributed by atoms with E-state index in [0.29, 0.717) is 11.6 Å². The standard InChI is InChI=1S/C25H12Cl2F5NO2/c1-11-5-7-14(17(29)9-11)20-19(13-8-6-12(33(34)35)10-18(13)30)22(25(32)23(27)24(20)31)21-15(26)3-2-4-16(21)28/h2-10H,1H3. The number of nitrogens with zero attached hydrogens (tertiary/aromatic N) is 1. The fraction of sp³-hybridized carbons (Fsp3) is 0.0400. The molecule has 0 unspecified atom stereocenters. The summed E-state index contributed by atoms with van der Waals surface area (Å²) in [5, 5.41) is 9.67. The van der Waals surface area contributed by atoms with Gasteiger partial charge < -0.3 is 0 Å². The molecular weight excluding hydrogens is 512 g/mol. The van der Waals surface area contributed by atoms with Gasteiger partial charge in [0.15, 0.2) is 11.6 Å². The molecule has 0 saturated heterocycles. The van der Waals surface area contributed by atoms with Crippen molar-refractivity contribution in [3.8, 4) is 33.4 Å². The van der Waals surface area contributed by atoms with Crippen molar-refractivity contribution < 1.29 is 26.9 Å². The van der Waals surface area contributed by atoms with Gasteiger partial charge in [-0.05, 0) is 36.8 Å². The Hall–Kier alpha value is -3.49. The summed E-state index contributed by atoms with van der Waals surface area (Å²) in [7, 11) is 0. The quantitative estimate of drug-likeness (QED) is 0.116. The van der Waals surface area contributed by atoms with E-state index in [1.54, 1.807) is 6.92 Å². The minimum atomic E-state index is -1.47. The number of aryl methyl sites for hydroxylation is 1. The Labute approximate surface area is 205 Å². The molecule has 0 atom stereocenters. The molecule has 4 rings (SSSR count). The summed E-state index contributed by atoms with van der Waals surface area (Å²) in [6.07, 6.45) is 0. The number of non-ortho nitro benzene ring substituents is 1. The molecule has 0 saturated carbocycles. The van der Waals surface area contributed by atoms with E-state index in [9.17, 15) is 14.5 Å². The van der Waals surface area contributed by atoms with Crippen LogP contribution >= 0.6 is 23.2 Å². The fourth-order valence-corrected chi connectivity index (χ4v) is 4.24. The lowest BCUT2D eigenvalue weighted by Crippen LogP contribution is -2.04. The molecule has 0 spiro atoms. The van der Waals surface area contributed by atoms with Crippen LogP contribution < -0.4 is 0 Å². The molecule has 0 N–H and O–H groups in total. The van der Waals surface area contributed by atoms with Crippen LogP contribution in [0.3, 0.4) is 0 Å². The molecule has 0 amide bonds. The van der Waals surface area contributed by atoms with Crippen molar-refractivity contribution in [3.05, 3.63) is 109 Å². The SMILES string of the molecule is Cc1ccc(-c2c(F)c(Cl)c(F)c(-c3c(F)cccc3Cl)c2-c2ccc([N+](=O)[O-])cc2F)c(F)c1. The van der Waals surface area contributed by atoms with Crippen LogP contribution in [0.4, 0.5) is 27.6 Å². The Morgan fingerprint density at radius 1 is 0.714 bits per heavy atom. The van der Waals surface area contributed by atoms with E-state index in [2.05, 4.69) is 0 Å². The van der Waals surface area contributed by atoms with Gasteiger partial charge in [0, 0.05) is 39.4 Å². The van der Waals surface area contributed by atoms with Crippen molar-refractivity contribution in [3.63, 3.8) is 0 Å². The molecule has 10 heteroatoms. The Balaban J connectivity index is 2.26. The first kappa shape index (κ1) is 24.6. The number of hydrogen-bond acceptors (Lipinski definition) is 2. The lowest BCUT2D eigenvalue weighted by molar-refractivity contribution is -0.385. The third-order valence-electron chi connectivity index (χ3n) is 5.36. The second kappa shape index (κ2) is 9.28. The van der Waals surface area contributed by atoms with E-state index in [4.69, 9.17) is 23.2 Å². The van der Waals surface area contributed by atoms with Gasteiger partial charge in [-0.25, -0.2) is 22.0 Å². The summed E-state index contributed by atoms with van der Waals surface area (Å²) in [6, 6.07) is 9.39. The monoisotopic (exact) mass is 523 g/mol. The normalized spacial score (nSPS) is 11.1. The highest BCUT2D eigenvalue weighted by Gasteiger charge is 2.31. The fourth-order valence-electron chi connectivity index (χ4n) is 3.80. The van der Waals surface area contributed by atoms with Gasteiger partial charge in [-0.3, -0.25) is 10.1 Å². The second-order valence-corrected chi connectivity index (χ2v) is 8.35. The number of hydrogen-bond donors (Lipinski definition) is 0. The summed E-state index contributed by atoms with van der Waals surface area (Å²) in [4.78, 5) is 10.2. The summed E-state index contributed by atoms with van der Waals surface area (Å²) in [5.41, 5.74) is -3.75. The lowest BCUT2D eigenvalue weighted by atomic mass is 9.85. The van der Waals surface area contributed by atoms with E-state index in [1.165, 1.54) is 24.3 Å². The van der Waals surface area contributed by atoms with Gasteiger partial charge in [0.2, 0.25) is 0 Å². The van der Waals surface area contributed by atoms with Crippen molar-refractivity contribution in [2.45, 2.75) is 6.92 Å². The molecule has 0 fully saturated rings. The van der Waals surface area contributed by atoms with E-state index >= 15 is 17.6 Å². The predicted octanol–water partition coefficient (Wildman–Crippen LogP) is 8.91. The van der Waals surface area contributed by atoms with Crippen LogP contribution in [-0.2, 0) is 0 Å². The zero-order valence-electron chi connectivity index (χ0n) is 17.6. The maximum atomic E-state index is 15.5. The maximum absolute atomic E-state index is 15.5. The van der Waals surface area contributed by atoms with Crippen molar-refractivity contribution >= 4 is 28.9 Å². The van der Waals surface area contributed by atoms with E-state index in [1.807, 2.05) is 0 Å². The largest absolute Gasteiger partial charge is 0.272 e. The van der Waals surface area contributed by atoms with Crippen LogP contribution in [0.25, 0.3) is 33.4 Å². The number of nitro benzene ring substituents is 1. The Kier molecular flexibility index (Phi) is 6.53. The molecule has 0 bridgehead atoms. The van der Waals surface area contributed by atoms with Crippen LogP contribution in [0.5, 0.6) is 0 Å². The number of rotatable bonds is 4. The molecular formula is C25H12Cl2F5NO2. The number of benzene rings is 4. The van der Waals surface area contributed by atoms with E-state index < -0.39 is 78.1 Å². The van der Waals surface area contributed by atoms with Crippen LogP contribution in [0.2, 0.25) is 10.0 Å². The molecule has 3 nitrogen and oxygen atoms in total. The topological polar surface area (TPSA) is 43.1 Å². The molecule has 178 valence electrons. The average molecular weight is 524 g/mol. The minimum absolute atomic E-state index is 0.314. The molecule has 0 aliphatic heterocycles. The first-order valence-corrected chi connectivity index (χ1v) is 10.6. The van der Waals surface area contributed by atoms with Crippen molar-refractivity contribution in [1.82, 2.24) is 0 Å². The first-order chi connectivity index (χ1) is 16.5. The highest BCUT2D eigenvalue weighted by molar-refractivity contribution is 6.34. The molecule has 0 radical (unpaired) electrons. The Morgan fingerprint density at radius 2 is 1.31 bits per heavy atom. The van der Waals surface area contributed by atoms with Gasteiger partial charge >= 0.3 is 0 Å². The summed E-state index contributed by atoms with van der Waals surface area (Å²) >= 11 is 12.1. The van der Waals surface area contributed by atoms with Crippen LogP contribution in [-0.4, -0.2) is 4.92 Å². The number of nitro groups is 1. The minimum Gasteiger partial charge on any atom is -0.258 e. The third-order valence-corrected chi connectivity index (χ3v) is 6.01. The zero-order chi connectivity index (χ0) is 25.6. The zero-order valence-corrected chi connectivity index (χ0v) is 19.1. The highest BCUT2D eigenvalue weighted by Crippen LogP contribution is 2.49. The summed E-state index contributed by atoms with van der Waals surface area (Å²) in [5.74, 6) is -6.16. The molecule has 0 aliphatic carbocycles. The molecule has 4 aromatic rings. The molecule has 0 aliphatic rings. The smallest absolute Gasteiger partial charge is 0.258 e. The van der Waals surface area contributed by atoms with Gasteiger partial charge in [0.1, 0.15) is 22.5 Å². The van der Waals surface area contributed by atoms with Crippen LogP contribution in [0.15, 0.2) is 54.6 Å². The van der Waals surface area contributed by atoms with Crippen molar-refractivity contribution in [1.29, 1.82) is 0 Å². The molecule has 0 aromatic heterocycles. The van der Waals surface area contributed by atoms with Crippen LogP contribution in [0, 0.1) is 46.1 Å². The van der Waals surface area contributed by atoms with Crippen molar-refractivity contribution in [2.24, 2.45) is 0 Å². The predicted molar refractivity (Wildman–Crippen MR) is 124 cm³/mol.